The van der Waals surface area contributed by atoms with Crippen molar-refractivity contribution in [1.82, 2.24) is 4.31 Å². The fourth-order valence-electron chi connectivity index (χ4n) is 2.87. The number of amides is 1. The lowest BCUT2D eigenvalue weighted by atomic mass is 10.1. The van der Waals surface area contributed by atoms with Crippen LogP contribution in [0.15, 0.2) is 47.4 Å². The molecule has 2 aromatic rings. The molecule has 0 radical (unpaired) electrons. The van der Waals surface area contributed by atoms with Crippen LogP contribution in [0.2, 0.25) is 0 Å². The fraction of sp³-hybridized carbons (Fsp3) is 0.381. The van der Waals surface area contributed by atoms with Crippen LogP contribution < -0.4 is 5.32 Å². The van der Waals surface area contributed by atoms with Gasteiger partial charge in [0, 0.05) is 24.8 Å². The van der Waals surface area contributed by atoms with E-state index in [2.05, 4.69) is 5.32 Å². The standard InChI is InChI=1S/C21H28N2O3S/c1-5-7-14-23(4)27(25,26)19-13-9-12-18(15-19)21(24)22-20-16(3)10-8-11-17(20)6-2/h8-13,15H,5-7,14H2,1-4H3,(H,22,24). The third-order valence-electron chi connectivity index (χ3n) is 4.61. The van der Waals surface area contributed by atoms with Gasteiger partial charge in [-0.3, -0.25) is 4.79 Å². The van der Waals surface area contributed by atoms with Gasteiger partial charge >= 0.3 is 0 Å². The normalized spacial score (nSPS) is 11.6. The largest absolute Gasteiger partial charge is 0.321 e. The Morgan fingerprint density at radius 3 is 2.48 bits per heavy atom. The van der Waals surface area contributed by atoms with E-state index in [0.29, 0.717) is 12.1 Å². The smallest absolute Gasteiger partial charge is 0.255 e. The van der Waals surface area contributed by atoms with E-state index < -0.39 is 10.0 Å². The summed E-state index contributed by atoms with van der Waals surface area (Å²) < 4.78 is 26.8. The maximum atomic E-state index is 12.7. The van der Waals surface area contributed by atoms with Crippen LogP contribution in [0.4, 0.5) is 5.69 Å². The van der Waals surface area contributed by atoms with Crippen molar-refractivity contribution in [2.45, 2.75) is 44.9 Å². The molecule has 2 aromatic carbocycles. The molecule has 0 aliphatic rings. The Kier molecular flexibility index (Phi) is 7.16. The molecule has 0 atom stereocenters. The van der Waals surface area contributed by atoms with Crippen LogP contribution in [0.1, 0.15) is 48.2 Å². The van der Waals surface area contributed by atoms with Gasteiger partial charge < -0.3 is 5.32 Å². The first-order valence-electron chi connectivity index (χ1n) is 9.27. The Labute approximate surface area is 162 Å². The van der Waals surface area contributed by atoms with Crippen molar-refractivity contribution in [2.75, 3.05) is 18.9 Å². The van der Waals surface area contributed by atoms with Crippen LogP contribution in [0.3, 0.4) is 0 Å². The number of carbonyl (C=O) groups is 1. The van der Waals surface area contributed by atoms with Crippen molar-refractivity contribution < 1.29 is 13.2 Å². The Morgan fingerprint density at radius 1 is 1.11 bits per heavy atom. The molecule has 1 N–H and O–H groups in total. The average Bonchev–Trinajstić information content (AvgIpc) is 2.67. The van der Waals surface area contributed by atoms with E-state index >= 15 is 0 Å². The molecule has 0 unspecified atom stereocenters. The number of unbranched alkanes of at least 4 members (excludes halogenated alkanes) is 1. The van der Waals surface area contributed by atoms with E-state index in [0.717, 1.165) is 36.1 Å². The molecule has 146 valence electrons. The predicted octanol–water partition coefficient (Wildman–Crippen LogP) is 4.23. The highest BCUT2D eigenvalue weighted by Crippen LogP contribution is 2.23. The van der Waals surface area contributed by atoms with Crippen molar-refractivity contribution in [2.24, 2.45) is 0 Å². The highest BCUT2D eigenvalue weighted by molar-refractivity contribution is 7.89. The van der Waals surface area contributed by atoms with Gasteiger partial charge in [0.05, 0.1) is 4.90 Å². The summed E-state index contributed by atoms with van der Waals surface area (Å²) in [4.78, 5) is 12.9. The monoisotopic (exact) mass is 388 g/mol. The van der Waals surface area contributed by atoms with Crippen LogP contribution in [-0.4, -0.2) is 32.2 Å². The van der Waals surface area contributed by atoms with Crippen molar-refractivity contribution in [3.63, 3.8) is 0 Å². The molecule has 6 heteroatoms. The number of carbonyl (C=O) groups excluding carboxylic acids is 1. The van der Waals surface area contributed by atoms with E-state index in [-0.39, 0.29) is 10.8 Å². The summed E-state index contributed by atoms with van der Waals surface area (Å²) in [6.45, 7) is 6.45. The molecule has 0 aliphatic carbocycles. The lowest BCUT2D eigenvalue weighted by molar-refractivity contribution is 0.102. The third-order valence-corrected chi connectivity index (χ3v) is 6.46. The number of hydrogen-bond acceptors (Lipinski definition) is 3. The Morgan fingerprint density at radius 2 is 1.81 bits per heavy atom. The summed E-state index contributed by atoms with van der Waals surface area (Å²) in [7, 11) is -2.04. The SMILES string of the molecule is CCCCN(C)S(=O)(=O)c1cccc(C(=O)Nc2c(C)cccc2CC)c1. The van der Waals surface area contributed by atoms with Gasteiger partial charge in [-0.1, -0.05) is 44.5 Å². The first kappa shape index (κ1) is 21.1. The molecule has 0 aromatic heterocycles. The van der Waals surface area contributed by atoms with Gasteiger partial charge in [-0.05, 0) is 49.1 Å². The number of para-hydroxylation sites is 1. The van der Waals surface area contributed by atoms with Gasteiger partial charge in [0.15, 0.2) is 0 Å². The number of aryl methyl sites for hydroxylation is 2. The molecule has 0 spiro atoms. The number of nitrogens with zero attached hydrogens (tertiary/aromatic N) is 1. The van der Waals surface area contributed by atoms with Crippen molar-refractivity contribution in [3.05, 3.63) is 59.2 Å². The third kappa shape index (κ3) is 4.96. The molecule has 5 nitrogen and oxygen atoms in total. The minimum absolute atomic E-state index is 0.134. The second-order valence-electron chi connectivity index (χ2n) is 6.62. The zero-order valence-electron chi connectivity index (χ0n) is 16.5. The highest BCUT2D eigenvalue weighted by Gasteiger charge is 2.21. The Hall–Kier alpha value is -2.18. The fourth-order valence-corrected chi connectivity index (χ4v) is 4.12. The average molecular weight is 389 g/mol. The summed E-state index contributed by atoms with van der Waals surface area (Å²) in [5.41, 5.74) is 3.14. The maximum Gasteiger partial charge on any atom is 0.255 e. The first-order chi connectivity index (χ1) is 12.8. The van der Waals surface area contributed by atoms with Gasteiger partial charge in [0.2, 0.25) is 10.0 Å². The summed E-state index contributed by atoms with van der Waals surface area (Å²) in [5.74, 6) is -0.313. The van der Waals surface area contributed by atoms with Crippen LogP contribution in [0.25, 0.3) is 0 Å². The molecule has 1 amide bonds. The zero-order chi connectivity index (χ0) is 20.0. The molecule has 0 saturated heterocycles. The van der Waals surface area contributed by atoms with E-state index in [1.165, 1.54) is 16.4 Å². The highest BCUT2D eigenvalue weighted by atomic mass is 32.2. The van der Waals surface area contributed by atoms with Gasteiger partial charge in [0.1, 0.15) is 0 Å². The lowest BCUT2D eigenvalue weighted by Crippen LogP contribution is -2.28. The Bertz CT molecular complexity index is 907. The maximum absolute atomic E-state index is 12.7. The molecule has 27 heavy (non-hydrogen) atoms. The molecule has 0 heterocycles. The van der Waals surface area contributed by atoms with Gasteiger partial charge in [-0.25, -0.2) is 12.7 Å². The summed E-state index contributed by atoms with van der Waals surface area (Å²) >= 11 is 0. The molecular formula is C21H28N2O3S. The quantitative estimate of drug-likeness (QED) is 0.736. The van der Waals surface area contributed by atoms with Gasteiger partial charge in [0.25, 0.3) is 5.91 Å². The number of anilines is 1. The summed E-state index contributed by atoms with van der Waals surface area (Å²) in [6.07, 6.45) is 2.51. The Balaban J connectivity index is 2.29. The van der Waals surface area contributed by atoms with E-state index in [1.807, 2.05) is 39.0 Å². The van der Waals surface area contributed by atoms with Crippen molar-refractivity contribution in [1.29, 1.82) is 0 Å². The van der Waals surface area contributed by atoms with Crippen LogP contribution in [0, 0.1) is 6.92 Å². The predicted molar refractivity (Wildman–Crippen MR) is 110 cm³/mol. The molecular weight excluding hydrogens is 360 g/mol. The second kappa shape index (κ2) is 9.15. The van der Waals surface area contributed by atoms with E-state index in [9.17, 15) is 13.2 Å². The van der Waals surface area contributed by atoms with Gasteiger partial charge in [-0.15, -0.1) is 0 Å². The molecule has 0 fully saturated rings. The number of hydrogen-bond donors (Lipinski definition) is 1. The van der Waals surface area contributed by atoms with Crippen LogP contribution in [-0.2, 0) is 16.4 Å². The lowest BCUT2D eigenvalue weighted by Gasteiger charge is -2.17. The van der Waals surface area contributed by atoms with Crippen LogP contribution >= 0.6 is 0 Å². The first-order valence-corrected chi connectivity index (χ1v) is 10.7. The zero-order valence-corrected chi connectivity index (χ0v) is 17.3. The van der Waals surface area contributed by atoms with E-state index in [4.69, 9.17) is 0 Å². The van der Waals surface area contributed by atoms with E-state index in [1.54, 1.807) is 19.2 Å². The van der Waals surface area contributed by atoms with Crippen molar-refractivity contribution in [3.8, 4) is 0 Å². The topological polar surface area (TPSA) is 66.5 Å². The number of benzene rings is 2. The summed E-state index contributed by atoms with van der Waals surface area (Å²) in [6, 6.07) is 12.1. The van der Waals surface area contributed by atoms with Gasteiger partial charge in [-0.2, -0.15) is 0 Å². The molecule has 0 aliphatic heterocycles. The summed E-state index contributed by atoms with van der Waals surface area (Å²) in [5, 5.41) is 2.94. The number of nitrogens with one attached hydrogen (secondary N) is 1. The van der Waals surface area contributed by atoms with Crippen molar-refractivity contribution >= 4 is 21.6 Å². The molecule has 2 rings (SSSR count). The molecule has 0 saturated carbocycles. The minimum atomic E-state index is -3.61. The second-order valence-corrected chi connectivity index (χ2v) is 8.67. The van der Waals surface area contributed by atoms with Crippen LogP contribution in [0.5, 0.6) is 0 Å². The molecule has 0 bridgehead atoms. The minimum Gasteiger partial charge on any atom is -0.321 e. The number of rotatable bonds is 8. The number of sulfonamides is 1.